The Morgan fingerprint density at radius 2 is 2.29 bits per heavy atom. The van der Waals surface area contributed by atoms with Gasteiger partial charge >= 0.3 is 0 Å². The molecule has 0 saturated heterocycles. The SMILES string of the molecule is COCC(O)CCNC(=O)CN(C)S(=O)(=O)c1cccs1. The van der Waals surface area contributed by atoms with Gasteiger partial charge in [0, 0.05) is 20.7 Å². The molecule has 0 radical (unpaired) electrons. The van der Waals surface area contributed by atoms with Crippen LogP contribution in [0.2, 0.25) is 0 Å². The Labute approximate surface area is 128 Å². The number of ether oxygens (including phenoxy) is 1. The van der Waals surface area contributed by atoms with Crippen LogP contribution in [0.25, 0.3) is 0 Å². The normalized spacial score (nSPS) is 13.3. The smallest absolute Gasteiger partial charge is 0.252 e. The number of carbonyl (C=O) groups is 1. The van der Waals surface area contributed by atoms with Crippen LogP contribution in [0.15, 0.2) is 21.7 Å². The second-order valence-electron chi connectivity index (χ2n) is 4.44. The fraction of sp³-hybridized carbons (Fsp3) is 0.583. The van der Waals surface area contributed by atoms with Crippen LogP contribution in [-0.4, -0.2) is 63.7 Å². The first-order chi connectivity index (χ1) is 9.87. The molecule has 0 spiro atoms. The summed E-state index contributed by atoms with van der Waals surface area (Å²) in [5.41, 5.74) is 0. The summed E-state index contributed by atoms with van der Waals surface area (Å²) in [5.74, 6) is -0.415. The zero-order chi connectivity index (χ0) is 15.9. The Kier molecular flexibility index (Phi) is 7.26. The van der Waals surface area contributed by atoms with Crippen molar-refractivity contribution in [1.29, 1.82) is 0 Å². The van der Waals surface area contributed by atoms with Crippen molar-refractivity contribution in [3.8, 4) is 0 Å². The first-order valence-electron chi connectivity index (χ1n) is 6.31. The maximum absolute atomic E-state index is 12.1. The summed E-state index contributed by atoms with van der Waals surface area (Å²) < 4.78 is 30.2. The molecule has 0 saturated carbocycles. The van der Waals surface area contributed by atoms with E-state index < -0.39 is 22.0 Å². The molecule has 2 N–H and O–H groups in total. The van der Waals surface area contributed by atoms with E-state index in [4.69, 9.17) is 4.74 Å². The second kappa shape index (κ2) is 8.44. The fourth-order valence-electron chi connectivity index (χ4n) is 1.56. The Hall–Kier alpha value is -1.00. The van der Waals surface area contributed by atoms with E-state index in [1.807, 2.05) is 0 Å². The number of carbonyl (C=O) groups excluding carboxylic acids is 1. The van der Waals surface area contributed by atoms with Gasteiger partial charge in [-0.2, -0.15) is 4.31 Å². The summed E-state index contributed by atoms with van der Waals surface area (Å²) in [6.45, 7) is 0.194. The van der Waals surface area contributed by atoms with Crippen LogP contribution in [-0.2, 0) is 19.6 Å². The van der Waals surface area contributed by atoms with Crippen molar-refractivity contribution in [1.82, 2.24) is 9.62 Å². The van der Waals surface area contributed by atoms with Crippen molar-refractivity contribution in [2.45, 2.75) is 16.7 Å². The van der Waals surface area contributed by atoms with Gasteiger partial charge in [0.25, 0.3) is 10.0 Å². The highest BCUT2D eigenvalue weighted by molar-refractivity contribution is 7.91. The predicted octanol–water partition coefficient (Wildman–Crippen LogP) is -0.118. The summed E-state index contributed by atoms with van der Waals surface area (Å²) in [7, 11) is -0.785. The van der Waals surface area contributed by atoms with Crippen molar-refractivity contribution >= 4 is 27.3 Å². The molecule has 1 heterocycles. The molecule has 1 aromatic heterocycles. The second-order valence-corrected chi connectivity index (χ2v) is 7.66. The molecule has 0 aromatic carbocycles. The minimum Gasteiger partial charge on any atom is -0.391 e. The number of nitrogens with one attached hydrogen (secondary N) is 1. The molecule has 1 aromatic rings. The number of hydrogen-bond donors (Lipinski definition) is 2. The zero-order valence-corrected chi connectivity index (χ0v) is 13.6. The number of sulfonamides is 1. The molecule has 1 atom stereocenters. The van der Waals surface area contributed by atoms with E-state index in [9.17, 15) is 18.3 Å². The standard InChI is InChI=1S/C12H20N2O5S2/c1-14(21(17,18)12-4-3-7-20-12)8-11(16)13-6-5-10(15)9-19-2/h3-4,7,10,15H,5-6,8-9H2,1-2H3,(H,13,16). The van der Waals surface area contributed by atoms with Gasteiger partial charge in [-0.15, -0.1) is 11.3 Å². The molecule has 120 valence electrons. The van der Waals surface area contributed by atoms with Gasteiger partial charge in [-0.3, -0.25) is 4.79 Å². The van der Waals surface area contributed by atoms with Crippen molar-refractivity contribution < 1.29 is 23.1 Å². The first kappa shape index (κ1) is 18.1. The van der Waals surface area contributed by atoms with Crippen molar-refractivity contribution in [3.05, 3.63) is 17.5 Å². The molecular formula is C12H20N2O5S2. The number of thiophene rings is 1. The molecule has 0 aliphatic rings. The molecular weight excluding hydrogens is 316 g/mol. The molecule has 7 nitrogen and oxygen atoms in total. The van der Waals surface area contributed by atoms with Crippen molar-refractivity contribution in [2.75, 3.05) is 33.9 Å². The minimum atomic E-state index is -3.62. The Balaban J connectivity index is 2.41. The number of nitrogens with zero attached hydrogens (tertiary/aromatic N) is 1. The predicted molar refractivity (Wildman–Crippen MR) is 79.6 cm³/mol. The Bertz CT molecular complexity index is 530. The van der Waals surface area contributed by atoms with Gasteiger partial charge in [0.2, 0.25) is 5.91 Å². The number of methoxy groups -OCH3 is 1. The summed E-state index contributed by atoms with van der Waals surface area (Å²) in [6, 6.07) is 3.14. The molecule has 1 unspecified atom stereocenters. The van der Waals surface area contributed by atoms with E-state index in [1.165, 1.54) is 20.2 Å². The maximum atomic E-state index is 12.1. The summed E-state index contributed by atoms with van der Waals surface area (Å²) in [4.78, 5) is 11.7. The summed E-state index contributed by atoms with van der Waals surface area (Å²) >= 11 is 1.10. The summed E-state index contributed by atoms with van der Waals surface area (Å²) in [6.07, 6.45) is -0.302. The molecule has 0 aliphatic carbocycles. The lowest BCUT2D eigenvalue weighted by Crippen LogP contribution is -2.39. The van der Waals surface area contributed by atoms with E-state index in [-0.39, 0.29) is 23.9 Å². The summed E-state index contributed by atoms with van der Waals surface area (Å²) in [5, 5.41) is 13.6. The van der Waals surface area contributed by atoms with Gasteiger partial charge in [-0.1, -0.05) is 6.07 Å². The fourth-order valence-corrected chi connectivity index (χ4v) is 3.89. The van der Waals surface area contributed by atoms with Crippen LogP contribution < -0.4 is 5.32 Å². The third kappa shape index (κ3) is 5.71. The van der Waals surface area contributed by atoms with Crippen LogP contribution in [0.3, 0.4) is 0 Å². The van der Waals surface area contributed by atoms with Gasteiger partial charge in [-0.05, 0) is 17.9 Å². The first-order valence-corrected chi connectivity index (χ1v) is 8.63. The number of aliphatic hydroxyl groups excluding tert-OH is 1. The van der Waals surface area contributed by atoms with Gasteiger partial charge in [0.15, 0.2) is 0 Å². The van der Waals surface area contributed by atoms with E-state index in [2.05, 4.69) is 5.32 Å². The number of hydrogen-bond acceptors (Lipinski definition) is 6. The van der Waals surface area contributed by atoms with E-state index in [0.29, 0.717) is 6.42 Å². The van der Waals surface area contributed by atoms with Crippen LogP contribution in [0.1, 0.15) is 6.42 Å². The topological polar surface area (TPSA) is 95.9 Å². The highest BCUT2D eigenvalue weighted by Gasteiger charge is 2.23. The van der Waals surface area contributed by atoms with Crippen LogP contribution in [0.5, 0.6) is 0 Å². The van der Waals surface area contributed by atoms with E-state index in [1.54, 1.807) is 11.4 Å². The Morgan fingerprint density at radius 1 is 1.57 bits per heavy atom. The number of amides is 1. The average molecular weight is 336 g/mol. The molecule has 0 bridgehead atoms. The van der Waals surface area contributed by atoms with Crippen LogP contribution >= 0.6 is 11.3 Å². The van der Waals surface area contributed by atoms with Gasteiger partial charge in [0.1, 0.15) is 4.21 Å². The molecule has 0 aliphatic heterocycles. The number of likely N-dealkylation sites (N-methyl/N-ethyl adjacent to an activating group) is 1. The lowest BCUT2D eigenvalue weighted by atomic mass is 10.2. The van der Waals surface area contributed by atoms with E-state index in [0.717, 1.165) is 15.6 Å². The highest BCUT2D eigenvalue weighted by atomic mass is 32.2. The lowest BCUT2D eigenvalue weighted by Gasteiger charge is -2.16. The molecule has 21 heavy (non-hydrogen) atoms. The monoisotopic (exact) mass is 336 g/mol. The van der Waals surface area contributed by atoms with Gasteiger partial charge in [-0.25, -0.2) is 8.42 Å². The number of aliphatic hydroxyl groups is 1. The van der Waals surface area contributed by atoms with E-state index >= 15 is 0 Å². The minimum absolute atomic E-state index is 0.197. The van der Waals surface area contributed by atoms with Crippen LogP contribution in [0.4, 0.5) is 0 Å². The highest BCUT2D eigenvalue weighted by Crippen LogP contribution is 2.19. The van der Waals surface area contributed by atoms with Crippen molar-refractivity contribution in [2.24, 2.45) is 0 Å². The Morgan fingerprint density at radius 3 is 2.86 bits per heavy atom. The molecule has 1 amide bonds. The maximum Gasteiger partial charge on any atom is 0.252 e. The van der Waals surface area contributed by atoms with Crippen molar-refractivity contribution in [3.63, 3.8) is 0 Å². The molecule has 1 rings (SSSR count). The quantitative estimate of drug-likeness (QED) is 0.655. The third-order valence-corrected chi connectivity index (χ3v) is 5.86. The van der Waals surface area contributed by atoms with Gasteiger partial charge < -0.3 is 15.2 Å². The lowest BCUT2D eigenvalue weighted by molar-refractivity contribution is -0.121. The molecule has 0 fully saturated rings. The van der Waals surface area contributed by atoms with Crippen LogP contribution in [0, 0.1) is 0 Å². The largest absolute Gasteiger partial charge is 0.391 e. The average Bonchev–Trinajstić information content (AvgIpc) is 2.93. The third-order valence-electron chi connectivity index (χ3n) is 2.68. The number of rotatable bonds is 9. The molecule has 9 heteroatoms. The zero-order valence-electron chi connectivity index (χ0n) is 12.0. The van der Waals surface area contributed by atoms with Gasteiger partial charge in [0.05, 0.1) is 19.3 Å².